The van der Waals surface area contributed by atoms with Gasteiger partial charge in [0.1, 0.15) is 17.0 Å². The zero-order valence-corrected chi connectivity index (χ0v) is 10.9. The summed E-state index contributed by atoms with van der Waals surface area (Å²) in [5.74, 6) is 2.05. The molecule has 0 aromatic carbocycles. The number of halogens is 1. The van der Waals surface area contributed by atoms with E-state index in [-0.39, 0.29) is 0 Å². The van der Waals surface area contributed by atoms with E-state index < -0.39 is 0 Å². The van der Waals surface area contributed by atoms with Crippen molar-refractivity contribution in [2.45, 2.75) is 25.7 Å². The molecule has 0 atom stereocenters. The second kappa shape index (κ2) is 5.59. The summed E-state index contributed by atoms with van der Waals surface area (Å²) in [4.78, 5) is 8.71. The SMILES string of the molecule is CCOCCOc1cc(Br)nc(C2CC2)n1. The van der Waals surface area contributed by atoms with Gasteiger partial charge < -0.3 is 9.47 Å². The molecule has 2 rings (SSSR count). The van der Waals surface area contributed by atoms with Crippen molar-refractivity contribution in [3.8, 4) is 5.88 Å². The Morgan fingerprint density at radius 3 is 2.88 bits per heavy atom. The van der Waals surface area contributed by atoms with Crippen LogP contribution in [0.3, 0.4) is 0 Å². The van der Waals surface area contributed by atoms with Crippen LogP contribution in [0.1, 0.15) is 31.5 Å². The first kappa shape index (κ1) is 11.8. The Morgan fingerprint density at radius 2 is 2.19 bits per heavy atom. The molecule has 16 heavy (non-hydrogen) atoms. The van der Waals surface area contributed by atoms with Crippen molar-refractivity contribution >= 4 is 15.9 Å². The summed E-state index contributed by atoms with van der Waals surface area (Å²) in [6, 6.07) is 1.79. The van der Waals surface area contributed by atoms with E-state index in [1.807, 2.05) is 6.92 Å². The lowest BCUT2D eigenvalue weighted by molar-refractivity contribution is 0.108. The van der Waals surface area contributed by atoms with Gasteiger partial charge in [-0.2, -0.15) is 4.98 Å². The van der Waals surface area contributed by atoms with Gasteiger partial charge >= 0.3 is 0 Å². The van der Waals surface area contributed by atoms with E-state index in [1.165, 1.54) is 12.8 Å². The van der Waals surface area contributed by atoms with Crippen LogP contribution in [0.5, 0.6) is 5.88 Å². The Labute approximate surface area is 104 Å². The fourth-order valence-electron chi connectivity index (χ4n) is 1.36. The smallest absolute Gasteiger partial charge is 0.217 e. The minimum absolute atomic E-state index is 0.529. The molecule has 0 bridgehead atoms. The number of nitrogens with zero attached hydrogens (tertiary/aromatic N) is 2. The van der Waals surface area contributed by atoms with E-state index in [0.29, 0.717) is 31.6 Å². The molecule has 0 saturated heterocycles. The highest BCUT2D eigenvalue weighted by molar-refractivity contribution is 9.10. The summed E-state index contributed by atoms with van der Waals surface area (Å²) < 4.78 is 11.5. The van der Waals surface area contributed by atoms with Gasteiger partial charge in [0.15, 0.2) is 0 Å². The van der Waals surface area contributed by atoms with Crippen LogP contribution in [0.15, 0.2) is 10.7 Å². The molecule has 1 aromatic rings. The first-order valence-electron chi connectivity index (χ1n) is 5.54. The van der Waals surface area contributed by atoms with Gasteiger partial charge in [0.2, 0.25) is 5.88 Å². The van der Waals surface area contributed by atoms with Crippen molar-refractivity contribution in [3.05, 3.63) is 16.5 Å². The van der Waals surface area contributed by atoms with Crippen molar-refractivity contribution in [2.75, 3.05) is 19.8 Å². The van der Waals surface area contributed by atoms with E-state index in [2.05, 4.69) is 25.9 Å². The minimum atomic E-state index is 0.529. The molecule has 0 spiro atoms. The number of ether oxygens (including phenoxy) is 2. The monoisotopic (exact) mass is 286 g/mol. The minimum Gasteiger partial charge on any atom is -0.475 e. The molecule has 1 aromatic heterocycles. The van der Waals surface area contributed by atoms with E-state index >= 15 is 0 Å². The number of rotatable bonds is 6. The van der Waals surface area contributed by atoms with Crippen LogP contribution in [0.2, 0.25) is 0 Å². The molecule has 1 aliphatic rings. The van der Waals surface area contributed by atoms with Gasteiger partial charge in [0.05, 0.1) is 6.61 Å². The van der Waals surface area contributed by atoms with Crippen molar-refractivity contribution in [1.82, 2.24) is 9.97 Å². The van der Waals surface area contributed by atoms with Gasteiger partial charge in [-0.15, -0.1) is 0 Å². The Hall–Kier alpha value is -0.680. The normalized spacial score (nSPS) is 15.1. The summed E-state index contributed by atoms with van der Waals surface area (Å²) >= 11 is 3.37. The number of aromatic nitrogens is 2. The zero-order valence-electron chi connectivity index (χ0n) is 9.28. The first-order valence-corrected chi connectivity index (χ1v) is 6.34. The zero-order chi connectivity index (χ0) is 11.4. The lowest BCUT2D eigenvalue weighted by atomic mass is 10.4. The molecule has 1 aliphatic carbocycles. The highest BCUT2D eigenvalue weighted by Gasteiger charge is 2.27. The summed E-state index contributed by atoms with van der Waals surface area (Å²) in [6.45, 7) is 3.80. The average molecular weight is 287 g/mol. The highest BCUT2D eigenvalue weighted by atomic mass is 79.9. The quantitative estimate of drug-likeness (QED) is 0.595. The van der Waals surface area contributed by atoms with Gasteiger partial charge in [-0.3, -0.25) is 0 Å². The third kappa shape index (κ3) is 3.42. The Kier molecular flexibility index (Phi) is 4.12. The summed E-state index contributed by atoms with van der Waals surface area (Å²) in [5, 5.41) is 0. The van der Waals surface area contributed by atoms with Crippen molar-refractivity contribution < 1.29 is 9.47 Å². The maximum atomic E-state index is 5.50. The fourth-order valence-corrected chi connectivity index (χ4v) is 1.74. The number of hydrogen-bond donors (Lipinski definition) is 0. The van der Waals surface area contributed by atoms with E-state index in [4.69, 9.17) is 9.47 Å². The van der Waals surface area contributed by atoms with E-state index in [0.717, 1.165) is 10.4 Å². The summed E-state index contributed by atoms with van der Waals surface area (Å²) in [6.07, 6.45) is 2.38. The lowest BCUT2D eigenvalue weighted by Gasteiger charge is -2.07. The lowest BCUT2D eigenvalue weighted by Crippen LogP contribution is -2.08. The van der Waals surface area contributed by atoms with Gasteiger partial charge in [-0.05, 0) is 35.7 Å². The fraction of sp³-hybridized carbons (Fsp3) is 0.636. The second-order valence-electron chi connectivity index (χ2n) is 3.71. The van der Waals surface area contributed by atoms with Gasteiger partial charge in [0, 0.05) is 18.6 Å². The van der Waals surface area contributed by atoms with Crippen LogP contribution >= 0.6 is 15.9 Å². The van der Waals surface area contributed by atoms with E-state index in [9.17, 15) is 0 Å². The van der Waals surface area contributed by atoms with E-state index in [1.54, 1.807) is 6.07 Å². The van der Waals surface area contributed by atoms with Crippen LogP contribution in [0.25, 0.3) is 0 Å². The Morgan fingerprint density at radius 1 is 1.38 bits per heavy atom. The molecule has 0 radical (unpaired) electrons. The molecule has 0 unspecified atom stereocenters. The average Bonchev–Trinajstić information content (AvgIpc) is 3.07. The molecule has 5 heteroatoms. The van der Waals surface area contributed by atoms with Gasteiger partial charge in [-0.1, -0.05) is 0 Å². The molecule has 0 amide bonds. The molecule has 88 valence electrons. The van der Waals surface area contributed by atoms with Crippen LogP contribution in [-0.2, 0) is 4.74 Å². The largest absolute Gasteiger partial charge is 0.475 e. The third-order valence-corrected chi connectivity index (χ3v) is 2.72. The van der Waals surface area contributed by atoms with Crippen molar-refractivity contribution in [3.63, 3.8) is 0 Å². The van der Waals surface area contributed by atoms with Crippen LogP contribution in [-0.4, -0.2) is 29.8 Å². The van der Waals surface area contributed by atoms with Crippen LogP contribution in [0, 0.1) is 0 Å². The Bertz CT molecular complexity index is 356. The topological polar surface area (TPSA) is 44.2 Å². The summed E-state index contributed by atoms with van der Waals surface area (Å²) in [5.41, 5.74) is 0. The molecule has 1 fully saturated rings. The first-order chi connectivity index (χ1) is 7.79. The van der Waals surface area contributed by atoms with Crippen molar-refractivity contribution in [2.24, 2.45) is 0 Å². The van der Waals surface area contributed by atoms with Crippen LogP contribution in [0.4, 0.5) is 0 Å². The molecule has 0 aliphatic heterocycles. The van der Waals surface area contributed by atoms with Gasteiger partial charge in [-0.25, -0.2) is 4.98 Å². The number of hydrogen-bond acceptors (Lipinski definition) is 4. The predicted octanol–water partition coefficient (Wildman–Crippen LogP) is 2.53. The molecular weight excluding hydrogens is 272 g/mol. The molecular formula is C11H15BrN2O2. The predicted molar refractivity (Wildman–Crippen MR) is 63.7 cm³/mol. The third-order valence-electron chi connectivity index (χ3n) is 2.31. The maximum absolute atomic E-state index is 5.50. The summed E-state index contributed by atoms with van der Waals surface area (Å²) in [7, 11) is 0. The second-order valence-corrected chi connectivity index (χ2v) is 4.52. The molecule has 4 nitrogen and oxygen atoms in total. The molecule has 1 saturated carbocycles. The van der Waals surface area contributed by atoms with Crippen LogP contribution < -0.4 is 4.74 Å². The maximum Gasteiger partial charge on any atom is 0.217 e. The Balaban J connectivity index is 1.92. The van der Waals surface area contributed by atoms with Crippen molar-refractivity contribution in [1.29, 1.82) is 0 Å². The molecule has 0 N–H and O–H groups in total. The van der Waals surface area contributed by atoms with Gasteiger partial charge in [0.25, 0.3) is 0 Å². The highest BCUT2D eigenvalue weighted by Crippen LogP contribution is 2.38. The standard InChI is InChI=1S/C11H15BrN2O2/c1-2-15-5-6-16-10-7-9(12)13-11(14-10)8-3-4-8/h7-8H,2-6H2,1H3. The molecule has 1 heterocycles.